The molecule has 5 nitrogen and oxygen atoms in total. The van der Waals surface area contributed by atoms with Crippen molar-refractivity contribution in [3.63, 3.8) is 0 Å². The Kier molecular flexibility index (Phi) is 6.32. The molecule has 3 rings (SSSR count). The molecule has 1 aromatic rings. The molecule has 2 fully saturated rings. The largest absolute Gasteiger partial charge is 0.490 e. The molecule has 2 saturated heterocycles. The number of piperidine rings is 1. The van der Waals surface area contributed by atoms with Gasteiger partial charge in [0.15, 0.2) is 0 Å². The number of nitrogens with zero attached hydrogens (tertiary/aromatic N) is 2. The summed E-state index contributed by atoms with van der Waals surface area (Å²) in [5.74, 6) is 1.28. The van der Waals surface area contributed by atoms with Crippen LogP contribution in [0, 0.1) is 13.8 Å². The van der Waals surface area contributed by atoms with E-state index in [1.807, 2.05) is 4.90 Å². The van der Waals surface area contributed by atoms with Crippen molar-refractivity contribution in [2.24, 2.45) is 0 Å². The molecule has 0 radical (unpaired) electrons. The number of piperazine rings is 1. The number of nitrogens with one attached hydrogen (secondary N) is 1. The molecule has 0 aliphatic carbocycles. The first kappa shape index (κ1) is 18.2. The van der Waals surface area contributed by atoms with Gasteiger partial charge in [0.05, 0.1) is 0 Å². The molecule has 0 spiro atoms. The van der Waals surface area contributed by atoms with Crippen molar-refractivity contribution in [2.75, 3.05) is 45.8 Å². The Morgan fingerprint density at radius 3 is 2.52 bits per heavy atom. The van der Waals surface area contributed by atoms with Gasteiger partial charge in [0.25, 0.3) is 0 Å². The smallest absolute Gasteiger partial charge is 0.223 e. The average Bonchev–Trinajstić information content (AvgIpc) is 2.64. The quantitative estimate of drug-likeness (QED) is 0.886. The lowest BCUT2D eigenvalue weighted by Crippen LogP contribution is -2.47. The van der Waals surface area contributed by atoms with Crippen molar-refractivity contribution in [3.05, 3.63) is 29.3 Å². The fraction of sp³-hybridized carbons (Fsp3) is 0.650. The highest BCUT2D eigenvalue weighted by atomic mass is 16.5. The Morgan fingerprint density at radius 2 is 1.84 bits per heavy atom. The van der Waals surface area contributed by atoms with E-state index in [4.69, 9.17) is 4.74 Å². The van der Waals surface area contributed by atoms with Gasteiger partial charge in [-0.2, -0.15) is 0 Å². The van der Waals surface area contributed by atoms with E-state index in [1.54, 1.807) is 0 Å². The summed E-state index contributed by atoms with van der Waals surface area (Å²) in [5, 5.41) is 3.29. The Hall–Kier alpha value is -1.59. The number of amides is 1. The van der Waals surface area contributed by atoms with E-state index >= 15 is 0 Å². The maximum atomic E-state index is 12.3. The highest BCUT2D eigenvalue weighted by Crippen LogP contribution is 2.21. The number of benzene rings is 1. The van der Waals surface area contributed by atoms with Gasteiger partial charge in [-0.25, -0.2) is 0 Å². The molecule has 0 bridgehead atoms. The predicted octanol–water partition coefficient (Wildman–Crippen LogP) is 1.97. The molecule has 25 heavy (non-hydrogen) atoms. The van der Waals surface area contributed by atoms with Gasteiger partial charge in [-0.15, -0.1) is 0 Å². The standard InChI is InChI=1S/C20H31N3O2/c1-16-3-4-19(15-17(16)2)25-18-5-10-22(11-6-18)12-7-20(24)23-13-8-21-9-14-23/h3-4,15,18,21H,5-14H2,1-2H3. The third-order valence-electron chi connectivity index (χ3n) is 5.43. The van der Waals surface area contributed by atoms with Crippen LogP contribution in [-0.2, 0) is 4.79 Å². The first-order valence-corrected chi connectivity index (χ1v) is 9.56. The van der Waals surface area contributed by atoms with Crippen molar-refractivity contribution < 1.29 is 9.53 Å². The van der Waals surface area contributed by atoms with Gasteiger partial charge in [-0.1, -0.05) is 6.07 Å². The van der Waals surface area contributed by atoms with Crippen LogP contribution in [0.4, 0.5) is 0 Å². The zero-order chi connectivity index (χ0) is 17.6. The molecule has 0 aromatic heterocycles. The average molecular weight is 345 g/mol. The van der Waals surface area contributed by atoms with Crippen molar-refractivity contribution in [3.8, 4) is 5.75 Å². The van der Waals surface area contributed by atoms with Crippen LogP contribution >= 0.6 is 0 Å². The summed E-state index contributed by atoms with van der Waals surface area (Å²) in [5.41, 5.74) is 2.58. The molecule has 1 amide bonds. The molecule has 0 unspecified atom stereocenters. The molecule has 0 atom stereocenters. The number of carbonyl (C=O) groups is 1. The highest BCUT2D eigenvalue weighted by molar-refractivity contribution is 5.76. The minimum absolute atomic E-state index is 0.294. The molecular weight excluding hydrogens is 314 g/mol. The second-order valence-corrected chi connectivity index (χ2v) is 7.29. The summed E-state index contributed by atoms with van der Waals surface area (Å²) in [6.45, 7) is 10.7. The normalized spacial score (nSPS) is 19.8. The number of hydrogen-bond donors (Lipinski definition) is 1. The van der Waals surface area contributed by atoms with E-state index in [2.05, 4.69) is 42.3 Å². The number of rotatable bonds is 5. The van der Waals surface area contributed by atoms with Gasteiger partial charge in [-0.05, 0) is 49.9 Å². The molecule has 5 heteroatoms. The Balaban J connectivity index is 1.38. The first-order valence-electron chi connectivity index (χ1n) is 9.56. The van der Waals surface area contributed by atoms with E-state index in [1.165, 1.54) is 11.1 Å². The maximum Gasteiger partial charge on any atom is 0.223 e. The van der Waals surface area contributed by atoms with E-state index in [9.17, 15) is 4.79 Å². The molecule has 2 aliphatic heterocycles. The Morgan fingerprint density at radius 1 is 1.12 bits per heavy atom. The van der Waals surface area contributed by atoms with Gasteiger partial charge in [-0.3, -0.25) is 4.79 Å². The maximum absolute atomic E-state index is 12.3. The lowest BCUT2D eigenvalue weighted by Gasteiger charge is -2.33. The minimum atomic E-state index is 0.294. The van der Waals surface area contributed by atoms with E-state index < -0.39 is 0 Å². The zero-order valence-electron chi connectivity index (χ0n) is 15.6. The number of hydrogen-bond acceptors (Lipinski definition) is 4. The highest BCUT2D eigenvalue weighted by Gasteiger charge is 2.22. The van der Waals surface area contributed by atoms with Crippen LogP contribution in [0.15, 0.2) is 18.2 Å². The fourth-order valence-electron chi connectivity index (χ4n) is 3.56. The third-order valence-corrected chi connectivity index (χ3v) is 5.43. The zero-order valence-corrected chi connectivity index (χ0v) is 15.6. The lowest BCUT2D eigenvalue weighted by molar-refractivity contribution is -0.132. The van der Waals surface area contributed by atoms with Crippen LogP contribution in [0.5, 0.6) is 5.75 Å². The fourth-order valence-corrected chi connectivity index (χ4v) is 3.56. The molecule has 138 valence electrons. The van der Waals surface area contributed by atoms with Crippen molar-refractivity contribution >= 4 is 5.91 Å². The number of aryl methyl sites for hydroxylation is 2. The summed E-state index contributed by atoms with van der Waals surface area (Å²) in [6.07, 6.45) is 3.01. The summed E-state index contributed by atoms with van der Waals surface area (Å²) in [6, 6.07) is 6.33. The molecular formula is C20H31N3O2. The van der Waals surface area contributed by atoms with Crippen LogP contribution in [-0.4, -0.2) is 67.6 Å². The Labute approximate surface area is 151 Å². The third kappa shape index (κ3) is 5.19. The van der Waals surface area contributed by atoms with Crippen molar-refractivity contribution in [2.45, 2.75) is 39.2 Å². The van der Waals surface area contributed by atoms with Crippen LogP contribution in [0.25, 0.3) is 0 Å². The molecule has 1 N–H and O–H groups in total. The van der Waals surface area contributed by atoms with Crippen molar-refractivity contribution in [1.29, 1.82) is 0 Å². The van der Waals surface area contributed by atoms with Gasteiger partial charge < -0.3 is 19.9 Å². The van der Waals surface area contributed by atoms with Crippen LogP contribution in [0.2, 0.25) is 0 Å². The predicted molar refractivity (Wildman–Crippen MR) is 100 cm³/mol. The van der Waals surface area contributed by atoms with Gasteiger partial charge in [0.2, 0.25) is 5.91 Å². The van der Waals surface area contributed by atoms with Crippen molar-refractivity contribution in [1.82, 2.24) is 15.1 Å². The topological polar surface area (TPSA) is 44.8 Å². The molecule has 0 saturated carbocycles. The minimum Gasteiger partial charge on any atom is -0.490 e. The van der Waals surface area contributed by atoms with E-state index in [0.717, 1.165) is 64.4 Å². The van der Waals surface area contributed by atoms with Gasteiger partial charge in [0.1, 0.15) is 11.9 Å². The monoisotopic (exact) mass is 345 g/mol. The number of ether oxygens (including phenoxy) is 1. The summed E-state index contributed by atoms with van der Waals surface area (Å²) >= 11 is 0. The van der Waals surface area contributed by atoms with Crippen LogP contribution in [0.1, 0.15) is 30.4 Å². The summed E-state index contributed by atoms with van der Waals surface area (Å²) < 4.78 is 6.15. The van der Waals surface area contributed by atoms with Gasteiger partial charge >= 0.3 is 0 Å². The molecule has 2 aliphatic rings. The van der Waals surface area contributed by atoms with E-state index in [0.29, 0.717) is 18.4 Å². The van der Waals surface area contributed by atoms with Crippen LogP contribution < -0.4 is 10.1 Å². The SMILES string of the molecule is Cc1ccc(OC2CCN(CCC(=O)N3CCNCC3)CC2)cc1C. The summed E-state index contributed by atoms with van der Waals surface area (Å²) in [7, 11) is 0. The number of carbonyl (C=O) groups excluding carboxylic acids is 1. The van der Waals surface area contributed by atoms with Crippen LogP contribution in [0.3, 0.4) is 0 Å². The lowest BCUT2D eigenvalue weighted by atomic mass is 10.1. The second kappa shape index (κ2) is 8.68. The molecule has 1 aromatic carbocycles. The van der Waals surface area contributed by atoms with Gasteiger partial charge in [0, 0.05) is 52.2 Å². The van der Waals surface area contributed by atoms with E-state index in [-0.39, 0.29) is 0 Å². The second-order valence-electron chi connectivity index (χ2n) is 7.29. The molecule has 2 heterocycles. The first-order chi connectivity index (χ1) is 12.1. The number of likely N-dealkylation sites (tertiary alicyclic amines) is 1. The summed E-state index contributed by atoms with van der Waals surface area (Å²) in [4.78, 5) is 16.6. The Bertz CT molecular complexity index is 576.